The first-order chi connectivity index (χ1) is 12.3. The van der Waals surface area contributed by atoms with E-state index in [1.807, 2.05) is 49.3 Å². The summed E-state index contributed by atoms with van der Waals surface area (Å²) in [6, 6.07) is 9.84. The highest BCUT2D eigenvalue weighted by Crippen LogP contribution is 2.36. The Balaban J connectivity index is 1.63. The van der Waals surface area contributed by atoms with Crippen LogP contribution in [0.3, 0.4) is 0 Å². The summed E-state index contributed by atoms with van der Waals surface area (Å²) in [5, 5.41) is 0.724. The van der Waals surface area contributed by atoms with E-state index in [0.717, 1.165) is 23.0 Å². The third kappa shape index (κ3) is 2.78. The zero-order valence-corrected chi connectivity index (χ0v) is 16.2. The minimum Gasteiger partial charge on any atom is -0.311 e. The highest BCUT2D eigenvalue weighted by molar-refractivity contribution is 7.92. The summed E-state index contributed by atoms with van der Waals surface area (Å²) in [7, 11) is 2.63. The highest BCUT2D eigenvalue weighted by Gasteiger charge is 2.52. The van der Waals surface area contributed by atoms with Crippen molar-refractivity contribution >= 4 is 20.7 Å². The van der Waals surface area contributed by atoms with Crippen LogP contribution in [0.25, 0.3) is 10.9 Å². The summed E-state index contributed by atoms with van der Waals surface area (Å²) in [5.74, 6) is 0.375. The van der Waals surface area contributed by atoms with Gasteiger partial charge in [0.25, 0.3) is 5.56 Å². The second kappa shape index (κ2) is 6.18. The maximum absolute atomic E-state index is 12.7. The SMILES string of the molecule is CN(C)[C@@H]1CS(=O)(=O)[C@H]2CN(Cc3cc4ccccc4n(C)c3=O)C[C@@H]12. The van der Waals surface area contributed by atoms with Crippen molar-refractivity contribution in [2.45, 2.75) is 17.8 Å². The lowest BCUT2D eigenvalue weighted by atomic mass is 10.00. The van der Waals surface area contributed by atoms with Gasteiger partial charge in [-0.2, -0.15) is 0 Å². The lowest BCUT2D eigenvalue weighted by Gasteiger charge is -2.25. The number of rotatable bonds is 3. The van der Waals surface area contributed by atoms with Crippen LogP contribution >= 0.6 is 0 Å². The van der Waals surface area contributed by atoms with Crippen LogP contribution in [0.5, 0.6) is 0 Å². The Hall–Kier alpha value is -1.70. The van der Waals surface area contributed by atoms with Crippen LogP contribution in [0, 0.1) is 5.92 Å². The molecule has 0 radical (unpaired) electrons. The van der Waals surface area contributed by atoms with Crippen molar-refractivity contribution < 1.29 is 8.42 Å². The van der Waals surface area contributed by atoms with Crippen LogP contribution in [-0.4, -0.2) is 67.0 Å². The van der Waals surface area contributed by atoms with Crippen LogP contribution in [0.15, 0.2) is 35.1 Å². The smallest absolute Gasteiger partial charge is 0.255 e. The normalized spacial score (nSPS) is 28.1. The second-order valence-corrected chi connectivity index (χ2v) is 10.1. The molecule has 2 aliphatic heterocycles. The highest BCUT2D eigenvalue weighted by atomic mass is 32.2. The predicted octanol–water partition coefficient (Wildman–Crippen LogP) is 0.698. The first-order valence-corrected chi connectivity index (χ1v) is 10.7. The average Bonchev–Trinajstić information content (AvgIpc) is 3.11. The molecule has 3 atom stereocenters. The monoisotopic (exact) mass is 375 g/mol. The number of sulfone groups is 1. The molecular weight excluding hydrogens is 350 g/mol. The molecule has 3 heterocycles. The third-order valence-corrected chi connectivity index (χ3v) is 8.24. The van der Waals surface area contributed by atoms with Gasteiger partial charge in [0.1, 0.15) is 0 Å². The quantitative estimate of drug-likeness (QED) is 0.790. The maximum Gasteiger partial charge on any atom is 0.255 e. The van der Waals surface area contributed by atoms with Crippen LogP contribution in [0.2, 0.25) is 0 Å². The number of benzene rings is 1. The number of aryl methyl sites for hydroxylation is 1. The van der Waals surface area contributed by atoms with E-state index in [9.17, 15) is 13.2 Å². The number of likely N-dealkylation sites (tertiary alicyclic amines) is 1. The molecule has 0 amide bonds. The first kappa shape index (κ1) is 17.7. The Labute approximate surface area is 153 Å². The molecule has 2 saturated heterocycles. The van der Waals surface area contributed by atoms with E-state index in [-0.39, 0.29) is 28.5 Å². The Morgan fingerprint density at radius 1 is 1.19 bits per heavy atom. The topological polar surface area (TPSA) is 62.6 Å². The predicted molar refractivity (Wildman–Crippen MR) is 103 cm³/mol. The molecule has 140 valence electrons. The fourth-order valence-corrected chi connectivity index (χ4v) is 7.13. The minimum absolute atomic E-state index is 0.00669. The molecule has 0 unspecified atom stereocenters. The second-order valence-electron chi connectivity index (χ2n) is 7.85. The number of para-hydroxylation sites is 1. The van der Waals surface area contributed by atoms with E-state index in [4.69, 9.17) is 0 Å². The molecule has 4 rings (SSSR count). The molecule has 0 aliphatic carbocycles. The van der Waals surface area contributed by atoms with E-state index >= 15 is 0 Å². The third-order valence-electron chi connectivity index (χ3n) is 6.01. The molecule has 1 aromatic heterocycles. The first-order valence-electron chi connectivity index (χ1n) is 8.96. The molecule has 26 heavy (non-hydrogen) atoms. The molecule has 6 nitrogen and oxygen atoms in total. The van der Waals surface area contributed by atoms with Gasteiger partial charge in [-0.3, -0.25) is 9.69 Å². The Bertz CT molecular complexity index is 1010. The maximum atomic E-state index is 12.7. The van der Waals surface area contributed by atoms with E-state index < -0.39 is 9.84 Å². The van der Waals surface area contributed by atoms with Gasteiger partial charge in [0, 0.05) is 44.2 Å². The largest absolute Gasteiger partial charge is 0.311 e. The number of pyridine rings is 1. The summed E-state index contributed by atoms with van der Waals surface area (Å²) in [6.45, 7) is 1.75. The fourth-order valence-electron chi connectivity index (χ4n) is 4.62. The van der Waals surface area contributed by atoms with Crippen molar-refractivity contribution in [3.63, 3.8) is 0 Å². The lowest BCUT2D eigenvalue weighted by molar-refractivity contribution is 0.229. The summed E-state index contributed by atoms with van der Waals surface area (Å²) < 4.78 is 26.7. The number of aromatic nitrogens is 1. The van der Waals surface area contributed by atoms with Gasteiger partial charge in [-0.25, -0.2) is 8.42 Å². The van der Waals surface area contributed by atoms with Crippen molar-refractivity contribution in [2.24, 2.45) is 13.0 Å². The van der Waals surface area contributed by atoms with E-state index in [1.54, 1.807) is 11.6 Å². The van der Waals surface area contributed by atoms with Gasteiger partial charge < -0.3 is 9.47 Å². The van der Waals surface area contributed by atoms with Crippen molar-refractivity contribution in [1.82, 2.24) is 14.4 Å². The van der Waals surface area contributed by atoms with Gasteiger partial charge in [0.2, 0.25) is 0 Å². The van der Waals surface area contributed by atoms with Gasteiger partial charge in [-0.1, -0.05) is 18.2 Å². The Morgan fingerprint density at radius 3 is 2.65 bits per heavy atom. The molecule has 1 aromatic carbocycles. The van der Waals surface area contributed by atoms with Crippen molar-refractivity contribution in [1.29, 1.82) is 0 Å². The minimum atomic E-state index is -3.06. The zero-order chi connectivity index (χ0) is 18.6. The van der Waals surface area contributed by atoms with Gasteiger partial charge in [0.15, 0.2) is 9.84 Å². The Morgan fingerprint density at radius 2 is 1.92 bits per heavy atom. The number of hydrogen-bond acceptors (Lipinski definition) is 5. The van der Waals surface area contributed by atoms with Gasteiger partial charge in [-0.15, -0.1) is 0 Å². The van der Waals surface area contributed by atoms with Gasteiger partial charge in [0.05, 0.1) is 16.5 Å². The fraction of sp³-hybridized carbons (Fsp3) is 0.526. The van der Waals surface area contributed by atoms with E-state index in [2.05, 4.69) is 4.90 Å². The van der Waals surface area contributed by atoms with Crippen LogP contribution < -0.4 is 5.56 Å². The van der Waals surface area contributed by atoms with Crippen LogP contribution in [0.4, 0.5) is 0 Å². The number of nitrogens with zero attached hydrogens (tertiary/aromatic N) is 3. The lowest BCUT2D eigenvalue weighted by Crippen LogP contribution is -2.37. The molecule has 0 bridgehead atoms. The van der Waals surface area contributed by atoms with Gasteiger partial charge >= 0.3 is 0 Å². The van der Waals surface area contributed by atoms with Crippen LogP contribution in [-0.2, 0) is 23.4 Å². The van der Waals surface area contributed by atoms with Gasteiger partial charge in [-0.05, 0) is 31.6 Å². The zero-order valence-electron chi connectivity index (χ0n) is 15.4. The Kier molecular flexibility index (Phi) is 4.21. The van der Waals surface area contributed by atoms with E-state index in [0.29, 0.717) is 13.1 Å². The van der Waals surface area contributed by atoms with E-state index in [1.165, 1.54) is 0 Å². The molecule has 7 heteroatoms. The summed E-state index contributed by atoms with van der Waals surface area (Å²) in [4.78, 5) is 16.9. The van der Waals surface area contributed by atoms with Crippen LogP contribution in [0.1, 0.15) is 5.56 Å². The van der Waals surface area contributed by atoms with Crippen molar-refractivity contribution in [3.8, 4) is 0 Å². The molecule has 0 spiro atoms. The molecule has 2 fully saturated rings. The number of hydrogen-bond donors (Lipinski definition) is 0. The molecule has 0 saturated carbocycles. The summed E-state index contributed by atoms with van der Waals surface area (Å²) in [6.07, 6.45) is 0. The molecule has 0 N–H and O–H groups in total. The van der Waals surface area contributed by atoms with Crippen molar-refractivity contribution in [3.05, 3.63) is 46.2 Å². The standard InChI is InChI=1S/C19H25N3O3S/c1-20(2)17-12-26(24,25)18-11-22(10-15(17)18)9-14-8-13-6-4-5-7-16(13)21(3)19(14)23/h4-8,15,17-18H,9-12H2,1-3H3/t15-,17+,18-/m0/s1. The summed E-state index contributed by atoms with van der Waals surface area (Å²) in [5.41, 5.74) is 1.63. The average molecular weight is 375 g/mol. The number of fused-ring (bicyclic) bond motifs is 2. The van der Waals surface area contributed by atoms with Crippen molar-refractivity contribution in [2.75, 3.05) is 32.9 Å². The molecule has 2 aliphatic rings. The molecular formula is C19H25N3O3S. The molecule has 2 aromatic rings. The summed E-state index contributed by atoms with van der Waals surface area (Å²) >= 11 is 0.